The monoisotopic (exact) mass is 330 g/mol. The van der Waals surface area contributed by atoms with Crippen LogP contribution in [0.5, 0.6) is 0 Å². The Bertz CT molecular complexity index is 751. The molecule has 0 aromatic carbocycles. The van der Waals surface area contributed by atoms with Crippen molar-refractivity contribution in [3.63, 3.8) is 0 Å². The molecular formula is C20H30N2O2. The van der Waals surface area contributed by atoms with E-state index >= 15 is 0 Å². The molecule has 3 rings (SSSR count). The first-order valence-corrected chi connectivity index (χ1v) is 9.64. The highest BCUT2D eigenvalue weighted by Gasteiger charge is 2.24. The molecule has 1 fully saturated rings. The van der Waals surface area contributed by atoms with Crippen molar-refractivity contribution in [3.05, 3.63) is 27.6 Å². The van der Waals surface area contributed by atoms with Gasteiger partial charge in [0.05, 0.1) is 0 Å². The van der Waals surface area contributed by atoms with Crippen LogP contribution in [0.25, 0.3) is 11.0 Å². The Morgan fingerprint density at radius 3 is 2.58 bits per heavy atom. The zero-order valence-electron chi connectivity index (χ0n) is 15.4. The van der Waals surface area contributed by atoms with Crippen LogP contribution < -0.4 is 5.63 Å². The topological polar surface area (TPSA) is 48.0 Å². The third kappa shape index (κ3) is 3.28. The number of aromatic nitrogens is 2. The molecule has 0 radical (unpaired) electrons. The Balaban J connectivity index is 1.99. The van der Waals surface area contributed by atoms with E-state index in [1.165, 1.54) is 57.1 Å². The van der Waals surface area contributed by atoms with E-state index in [4.69, 9.17) is 9.40 Å². The van der Waals surface area contributed by atoms with Crippen molar-refractivity contribution >= 4 is 11.0 Å². The van der Waals surface area contributed by atoms with E-state index in [-0.39, 0.29) is 5.63 Å². The first kappa shape index (κ1) is 17.2. The second kappa shape index (κ2) is 7.54. The van der Waals surface area contributed by atoms with Crippen molar-refractivity contribution in [2.24, 2.45) is 0 Å². The zero-order chi connectivity index (χ0) is 17.1. The zero-order valence-corrected chi connectivity index (χ0v) is 15.4. The molecule has 24 heavy (non-hydrogen) atoms. The van der Waals surface area contributed by atoms with Crippen molar-refractivity contribution in [1.29, 1.82) is 0 Å². The molecule has 0 spiro atoms. The van der Waals surface area contributed by atoms with Gasteiger partial charge in [-0.2, -0.15) is 4.98 Å². The van der Waals surface area contributed by atoms with Gasteiger partial charge in [0, 0.05) is 18.2 Å². The van der Waals surface area contributed by atoms with Gasteiger partial charge in [-0.1, -0.05) is 45.4 Å². The molecule has 0 amide bonds. The summed E-state index contributed by atoms with van der Waals surface area (Å²) >= 11 is 0. The lowest BCUT2D eigenvalue weighted by molar-refractivity contribution is 0.353. The van der Waals surface area contributed by atoms with Gasteiger partial charge in [0.1, 0.15) is 5.39 Å². The summed E-state index contributed by atoms with van der Waals surface area (Å²) in [4.78, 5) is 17.3. The van der Waals surface area contributed by atoms with Crippen molar-refractivity contribution in [2.75, 3.05) is 0 Å². The lowest BCUT2D eigenvalue weighted by Crippen LogP contribution is -2.15. The lowest BCUT2D eigenvalue weighted by Gasteiger charge is -2.25. The van der Waals surface area contributed by atoms with Crippen LogP contribution in [0, 0.1) is 13.8 Å². The third-order valence-corrected chi connectivity index (χ3v) is 5.56. The predicted molar refractivity (Wildman–Crippen MR) is 97.7 cm³/mol. The van der Waals surface area contributed by atoms with E-state index in [1.807, 2.05) is 6.92 Å². The predicted octanol–water partition coefficient (Wildman–Crippen LogP) is 5.23. The van der Waals surface area contributed by atoms with Gasteiger partial charge in [-0.05, 0) is 38.7 Å². The van der Waals surface area contributed by atoms with E-state index in [0.29, 0.717) is 17.3 Å². The highest BCUT2D eigenvalue weighted by atomic mass is 16.4. The van der Waals surface area contributed by atoms with E-state index in [1.54, 1.807) is 0 Å². The van der Waals surface area contributed by atoms with Gasteiger partial charge in [-0.25, -0.2) is 4.79 Å². The van der Waals surface area contributed by atoms with Gasteiger partial charge in [0.2, 0.25) is 5.89 Å². The van der Waals surface area contributed by atoms with E-state index in [9.17, 15) is 4.79 Å². The van der Waals surface area contributed by atoms with Gasteiger partial charge in [-0.15, -0.1) is 0 Å². The molecule has 132 valence electrons. The van der Waals surface area contributed by atoms with Crippen LogP contribution in [0.1, 0.15) is 87.9 Å². The number of unbranched alkanes of at least 4 members (excludes halogenated alkanes) is 3. The molecule has 1 aliphatic carbocycles. The number of hydrogen-bond acceptors (Lipinski definition) is 3. The summed E-state index contributed by atoms with van der Waals surface area (Å²) in [5, 5.41) is 0.690. The fraction of sp³-hybridized carbons (Fsp3) is 0.700. The highest BCUT2D eigenvalue weighted by Crippen LogP contribution is 2.34. The van der Waals surface area contributed by atoms with Crippen molar-refractivity contribution in [3.8, 4) is 0 Å². The Kier molecular flexibility index (Phi) is 5.42. The molecule has 2 aromatic heterocycles. The quantitative estimate of drug-likeness (QED) is 0.681. The number of fused-ring (bicyclic) bond motifs is 1. The molecule has 1 aliphatic rings. The summed E-state index contributed by atoms with van der Waals surface area (Å²) in [6.07, 6.45) is 11.7. The molecule has 0 unspecified atom stereocenters. The van der Waals surface area contributed by atoms with Crippen molar-refractivity contribution in [2.45, 2.75) is 91.0 Å². The van der Waals surface area contributed by atoms with Crippen molar-refractivity contribution in [1.82, 2.24) is 9.55 Å². The first-order valence-electron chi connectivity index (χ1n) is 9.64. The third-order valence-electron chi connectivity index (χ3n) is 5.56. The van der Waals surface area contributed by atoms with Crippen LogP contribution in [0.15, 0.2) is 9.21 Å². The van der Waals surface area contributed by atoms with Crippen LogP contribution in [-0.4, -0.2) is 9.55 Å². The maximum absolute atomic E-state index is 12.5. The Labute approximate surface area is 144 Å². The molecule has 0 bridgehead atoms. The fourth-order valence-electron chi connectivity index (χ4n) is 4.06. The minimum Gasteiger partial charge on any atom is -0.408 e. The largest absolute Gasteiger partial charge is 0.408 e. The van der Waals surface area contributed by atoms with Gasteiger partial charge in [-0.3, -0.25) is 0 Å². The molecule has 4 nitrogen and oxygen atoms in total. The van der Waals surface area contributed by atoms with Crippen LogP contribution in [0.2, 0.25) is 0 Å². The summed E-state index contributed by atoms with van der Waals surface area (Å²) in [6, 6.07) is 0.484. The van der Waals surface area contributed by atoms with E-state index in [0.717, 1.165) is 24.1 Å². The van der Waals surface area contributed by atoms with Crippen LogP contribution >= 0.6 is 0 Å². The molecular weight excluding hydrogens is 300 g/mol. The molecule has 1 saturated carbocycles. The standard InChI is InChI=1S/C20H30N2O2/c1-4-5-6-10-13-17-21-19-18(20(23)24-17)14(2)15(3)22(19)16-11-8-7-9-12-16/h16H,4-13H2,1-3H3. The number of hydrogen-bond donors (Lipinski definition) is 0. The smallest absolute Gasteiger partial charge is 0.348 e. The minimum atomic E-state index is -0.208. The lowest BCUT2D eigenvalue weighted by atomic mass is 9.95. The van der Waals surface area contributed by atoms with E-state index < -0.39 is 0 Å². The van der Waals surface area contributed by atoms with Gasteiger partial charge < -0.3 is 8.98 Å². The first-order chi connectivity index (χ1) is 11.6. The minimum absolute atomic E-state index is 0.208. The summed E-state index contributed by atoms with van der Waals surface area (Å²) in [6.45, 7) is 6.34. The molecule has 0 N–H and O–H groups in total. The summed E-state index contributed by atoms with van der Waals surface area (Å²) in [7, 11) is 0. The van der Waals surface area contributed by atoms with Crippen LogP contribution in [-0.2, 0) is 6.42 Å². The van der Waals surface area contributed by atoms with Crippen LogP contribution in [0.4, 0.5) is 0 Å². The normalized spacial score (nSPS) is 16.1. The number of nitrogens with zero attached hydrogens (tertiary/aromatic N) is 2. The maximum Gasteiger partial charge on any atom is 0.348 e. The van der Waals surface area contributed by atoms with Gasteiger partial charge in [0.25, 0.3) is 0 Å². The average molecular weight is 330 g/mol. The van der Waals surface area contributed by atoms with Crippen LogP contribution in [0.3, 0.4) is 0 Å². The Hall–Kier alpha value is -1.58. The van der Waals surface area contributed by atoms with Crippen molar-refractivity contribution < 1.29 is 4.42 Å². The Morgan fingerprint density at radius 1 is 1.12 bits per heavy atom. The van der Waals surface area contributed by atoms with E-state index in [2.05, 4.69) is 18.4 Å². The highest BCUT2D eigenvalue weighted by molar-refractivity contribution is 5.80. The molecule has 0 atom stereocenters. The van der Waals surface area contributed by atoms with Gasteiger partial charge in [0.15, 0.2) is 5.65 Å². The molecule has 2 heterocycles. The Morgan fingerprint density at radius 2 is 1.88 bits per heavy atom. The summed E-state index contributed by atoms with van der Waals surface area (Å²) in [5.74, 6) is 0.609. The summed E-state index contributed by atoms with van der Waals surface area (Å²) in [5.41, 5.74) is 2.87. The fourth-order valence-corrected chi connectivity index (χ4v) is 4.06. The number of aryl methyl sites for hydroxylation is 2. The van der Waals surface area contributed by atoms with Gasteiger partial charge >= 0.3 is 5.63 Å². The SMILES string of the molecule is CCCCCCc1nc2c(c(C)c(C)n2C2CCCCC2)c(=O)o1. The molecule has 0 aliphatic heterocycles. The molecule has 2 aromatic rings. The maximum atomic E-state index is 12.5. The second-order valence-electron chi connectivity index (χ2n) is 7.28. The molecule has 4 heteroatoms. The summed E-state index contributed by atoms with van der Waals surface area (Å²) < 4.78 is 7.86. The second-order valence-corrected chi connectivity index (χ2v) is 7.28. The average Bonchev–Trinajstić information content (AvgIpc) is 2.84. The number of rotatable bonds is 6. The molecule has 0 saturated heterocycles.